The first kappa shape index (κ1) is 24.2. The number of hydrogen-bond acceptors (Lipinski definition) is 5. The van der Waals surface area contributed by atoms with Crippen molar-refractivity contribution in [3.05, 3.63) is 78.0 Å². The lowest BCUT2D eigenvalue weighted by atomic mass is 10.0. The molecule has 0 saturated heterocycles. The number of benzene rings is 3. The molecular formula is C28H30N2O5. The smallest absolute Gasteiger partial charge is 0.255 e. The zero-order chi connectivity index (χ0) is 24.8. The number of hydrogen-bond donors (Lipinski definition) is 3. The van der Waals surface area contributed by atoms with Crippen LogP contribution in [-0.2, 0) is 6.42 Å². The Balaban J connectivity index is 1.61. The molecule has 35 heavy (non-hydrogen) atoms. The van der Waals surface area contributed by atoms with Crippen LogP contribution in [0.3, 0.4) is 0 Å². The maximum Gasteiger partial charge on any atom is 0.255 e. The summed E-state index contributed by atoms with van der Waals surface area (Å²) in [6, 6.07) is 18.6. The van der Waals surface area contributed by atoms with E-state index in [2.05, 4.69) is 10.3 Å². The summed E-state index contributed by atoms with van der Waals surface area (Å²) < 4.78 is 16.5. The van der Waals surface area contributed by atoms with Crippen LogP contribution in [0.4, 0.5) is 0 Å². The number of aliphatic hydroxyl groups is 1. The van der Waals surface area contributed by atoms with Crippen molar-refractivity contribution in [1.29, 1.82) is 0 Å². The van der Waals surface area contributed by atoms with E-state index in [1.165, 1.54) is 0 Å². The standard InChI is InChI=1S/C28H30N2O5/c1-4-35-25-11-9-18(19-10-12-26(33-2)27(15-19)34-3)14-23(25)28(32)30-21(17-31)13-20-16-29-24-8-6-5-7-22(20)24/h5-12,14-16,21,29,31H,4,13,17H2,1-3H3,(H,30,32)/t21-/m1/s1. The number of methoxy groups -OCH3 is 2. The highest BCUT2D eigenvalue weighted by molar-refractivity contribution is 5.98. The van der Waals surface area contributed by atoms with E-state index >= 15 is 0 Å². The Labute approximate surface area is 204 Å². The Morgan fingerprint density at radius 2 is 1.69 bits per heavy atom. The van der Waals surface area contributed by atoms with Crippen molar-refractivity contribution in [3.63, 3.8) is 0 Å². The Morgan fingerprint density at radius 3 is 2.40 bits per heavy atom. The molecule has 1 heterocycles. The molecule has 4 rings (SSSR count). The molecule has 0 aliphatic carbocycles. The summed E-state index contributed by atoms with van der Waals surface area (Å²) in [5, 5.41) is 14.1. The highest BCUT2D eigenvalue weighted by atomic mass is 16.5. The minimum Gasteiger partial charge on any atom is -0.493 e. The van der Waals surface area contributed by atoms with Gasteiger partial charge in [-0.15, -0.1) is 0 Å². The number of nitrogens with one attached hydrogen (secondary N) is 2. The van der Waals surface area contributed by atoms with E-state index in [1.807, 2.05) is 61.7 Å². The molecule has 1 amide bonds. The van der Waals surface area contributed by atoms with E-state index < -0.39 is 6.04 Å². The van der Waals surface area contributed by atoms with Crippen molar-refractivity contribution in [3.8, 4) is 28.4 Å². The maximum atomic E-state index is 13.4. The van der Waals surface area contributed by atoms with Gasteiger partial charge in [-0.2, -0.15) is 0 Å². The van der Waals surface area contributed by atoms with Crippen LogP contribution in [0.5, 0.6) is 17.2 Å². The minimum atomic E-state index is -0.457. The minimum absolute atomic E-state index is 0.190. The first-order valence-corrected chi connectivity index (χ1v) is 11.5. The van der Waals surface area contributed by atoms with Crippen molar-refractivity contribution in [2.45, 2.75) is 19.4 Å². The predicted molar refractivity (Wildman–Crippen MR) is 136 cm³/mol. The highest BCUT2D eigenvalue weighted by Gasteiger charge is 2.20. The van der Waals surface area contributed by atoms with Gasteiger partial charge in [0.1, 0.15) is 5.75 Å². The molecule has 0 aliphatic heterocycles. The van der Waals surface area contributed by atoms with E-state index in [4.69, 9.17) is 14.2 Å². The zero-order valence-electron chi connectivity index (χ0n) is 20.1. The largest absolute Gasteiger partial charge is 0.493 e. The van der Waals surface area contributed by atoms with Crippen LogP contribution in [-0.4, -0.2) is 49.5 Å². The molecule has 4 aromatic rings. The lowest BCUT2D eigenvalue weighted by Gasteiger charge is -2.18. The Morgan fingerprint density at radius 1 is 0.971 bits per heavy atom. The Hall–Kier alpha value is -3.97. The van der Waals surface area contributed by atoms with Gasteiger partial charge in [0, 0.05) is 17.1 Å². The normalized spacial score (nSPS) is 11.8. The van der Waals surface area contributed by atoms with Crippen LogP contribution in [0.2, 0.25) is 0 Å². The van der Waals surface area contributed by atoms with E-state index in [0.29, 0.717) is 35.8 Å². The van der Waals surface area contributed by atoms with E-state index in [-0.39, 0.29) is 12.5 Å². The van der Waals surface area contributed by atoms with Gasteiger partial charge in [-0.05, 0) is 60.4 Å². The molecule has 0 fully saturated rings. The van der Waals surface area contributed by atoms with Gasteiger partial charge in [-0.1, -0.05) is 30.3 Å². The molecule has 7 heteroatoms. The second kappa shape index (κ2) is 11.0. The molecule has 0 radical (unpaired) electrons. The molecular weight excluding hydrogens is 444 g/mol. The maximum absolute atomic E-state index is 13.4. The Kier molecular flexibility index (Phi) is 7.57. The third kappa shape index (κ3) is 5.25. The molecule has 3 aromatic carbocycles. The molecule has 0 spiro atoms. The number of para-hydroxylation sites is 1. The number of amides is 1. The van der Waals surface area contributed by atoms with E-state index in [1.54, 1.807) is 26.4 Å². The van der Waals surface area contributed by atoms with Crippen LogP contribution in [0.25, 0.3) is 22.0 Å². The quantitative estimate of drug-likeness (QED) is 0.313. The zero-order valence-corrected chi connectivity index (χ0v) is 20.1. The van der Waals surface area contributed by atoms with Gasteiger partial charge in [0.2, 0.25) is 0 Å². The van der Waals surface area contributed by atoms with Crippen LogP contribution in [0.1, 0.15) is 22.8 Å². The fourth-order valence-electron chi connectivity index (χ4n) is 4.17. The van der Waals surface area contributed by atoms with Gasteiger partial charge in [-0.3, -0.25) is 4.79 Å². The molecule has 7 nitrogen and oxygen atoms in total. The van der Waals surface area contributed by atoms with E-state index in [9.17, 15) is 9.90 Å². The molecule has 3 N–H and O–H groups in total. The second-order valence-corrected chi connectivity index (χ2v) is 8.13. The van der Waals surface area contributed by atoms with Gasteiger partial charge in [-0.25, -0.2) is 0 Å². The Bertz CT molecular complexity index is 1310. The predicted octanol–water partition coefficient (Wildman–Crippen LogP) is 4.58. The summed E-state index contributed by atoms with van der Waals surface area (Å²) in [4.78, 5) is 16.6. The first-order valence-electron chi connectivity index (χ1n) is 11.5. The molecule has 182 valence electrons. The summed E-state index contributed by atoms with van der Waals surface area (Å²) >= 11 is 0. The molecule has 0 saturated carbocycles. The topological polar surface area (TPSA) is 92.8 Å². The number of H-pyrrole nitrogens is 1. The number of aliphatic hydroxyl groups excluding tert-OH is 1. The monoisotopic (exact) mass is 474 g/mol. The summed E-state index contributed by atoms with van der Waals surface area (Å²) in [6.45, 7) is 2.11. The molecule has 0 aliphatic rings. The third-order valence-corrected chi connectivity index (χ3v) is 5.94. The van der Waals surface area contributed by atoms with Gasteiger partial charge < -0.3 is 29.6 Å². The second-order valence-electron chi connectivity index (χ2n) is 8.13. The number of aromatic amines is 1. The lowest BCUT2D eigenvalue weighted by molar-refractivity contribution is 0.0913. The van der Waals surface area contributed by atoms with Crippen molar-refractivity contribution in [1.82, 2.24) is 10.3 Å². The SMILES string of the molecule is CCOc1ccc(-c2ccc(OC)c(OC)c2)cc1C(=O)N[C@@H](CO)Cc1c[nH]c2ccccc12. The van der Waals surface area contributed by atoms with E-state index in [0.717, 1.165) is 27.6 Å². The molecule has 1 atom stereocenters. The van der Waals surface area contributed by atoms with Gasteiger partial charge >= 0.3 is 0 Å². The van der Waals surface area contributed by atoms with Crippen LogP contribution < -0.4 is 19.5 Å². The number of carbonyl (C=O) groups excluding carboxylic acids is 1. The fourth-order valence-corrected chi connectivity index (χ4v) is 4.17. The van der Waals surface area contributed by atoms with Crippen LogP contribution >= 0.6 is 0 Å². The van der Waals surface area contributed by atoms with Gasteiger partial charge in [0.05, 0.1) is 39.0 Å². The van der Waals surface area contributed by atoms with Crippen molar-refractivity contribution in [2.24, 2.45) is 0 Å². The first-order chi connectivity index (χ1) is 17.1. The van der Waals surface area contributed by atoms with Crippen molar-refractivity contribution < 1.29 is 24.1 Å². The average Bonchev–Trinajstić information content (AvgIpc) is 3.30. The molecule has 0 unspecified atom stereocenters. The van der Waals surface area contributed by atoms with Crippen molar-refractivity contribution >= 4 is 16.8 Å². The highest BCUT2D eigenvalue weighted by Crippen LogP contribution is 2.34. The molecule has 0 bridgehead atoms. The van der Waals surface area contributed by atoms with Crippen LogP contribution in [0.15, 0.2) is 66.9 Å². The number of carbonyl (C=O) groups is 1. The average molecular weight is 475 g/mol. The summed E-state index contributed by atoms with van der Waals surface area (Å²) in [5.41, 5.74) is 4.15. The number of rotatable bonds is 10. The lowest BCUT2D eigenvalue weighted by Crippen LogP contribution is -2.39. The number of fused-ring (bicyclic) bond motifs is 1. The van der Waals surface area contributed by atoms with Crippen LogP contribution in [0, 0.1) is 0 Å². The van der Waals surface area contributed by atoms with Gasteiger partial charge in [0.25, 0.3) is 5.91 Å². The summed E-state index contributed by atoms with van der Waals surface area (Å²) in [7, 11) is 3.17. The third-order valence-electron chi connectivity index (χ3n) is 5.94. The number of aromatic nitrogens is 1. The van der Waals surface area contributed by atoms with Crippen molar-refractivity contribution in [2.75, 3.05) is 27.4 Å². The fraction of sp³-hybridized carbons (Fsp3) is 0.250. The summed E-state index contributed by atoms with van der Waals surface area (Å²) in [6.07, 6.45) is 2.41. The van der Waals surface area contributed by atoms with Gasteiger partial charge in [0.15, 0.2) is 11.5 Å². The number of ether oxygens (including phenoxy) is 3. The summed E-state index contributed by atoms with van der Waals surface area (Å²) in [5.74, 6) is 1.40. The molecule has 1 aromatic heterocycles.